The Hall–Kier alpha value is -0.370. The molecule has 98 valence electrons. The number of nitrogens with zero attached hydrogens (tertiary/aromatic N) is 2. The molecule has 1 aromatic rings. The smallest absolute Gasteiger partial charge is 0.237 e. The number of carbonyl (C=O) groups is 1. The van der Waals surface area contributed by atoms with Gasteiger partial charge in [0.2, 0.25) is 15.0 Å². The standard InChI is InChI=1S/C9H7BrCl2N2O3S/c10-7-2-1-6(9(11)13-7)14-4-5(3-8(14)15)18(12,16)17/h1-2,5H,3-4H2. The monoisotopic (exact) mass is 372 g/mol. The average Bonchev–Trinajstić information content (AvgIpc) is 2.60. The lowest BCUT2D eigenvalue weighted by atomic mass is 10.4. The van der Waals surface area contributed by atoms with E-state index in [2.05, 4.69) is 20.9 Å². The van der Waals surface area contributed by atoms with Crippen molar-refractivity contribution >= 4 is 58.9 Å². The molecule has 18 heavy (non-hydrogen) atoms. The fourth-order valence-corrected chi connectivity index (χ4v) is 3.40. The predicted octanol–water partition coefficient (Wildman–Crippen LogP) is 2.17. The average molecular weight is 374 g/mol. The number of anilines is 1. The Labute approximate surface area is 122 Å². The Bertz CT molecular complexity index is 608. The first-order valence-electron chi connectivity index (χ1n) is 4.85. The van der Waals surface area contributed by atoms with Crippen LogP contribution in [0.1, 0.15) is 6.42 Å². The van der Waals surface area contributed by atoms with Crippen LogP contribution in [0.4, 0.5) is 5.69 Å². The summed E-state index contributed by atoms with van der Waals surface area (Å²) in [6.45, 7) is -0.00625. The lowest BCUT2D eigenvalue weighted by Gasteiger charge is -2.17. The summed E-state index contributed by atoms with van der Waals surface area (Å²) in [4.78, 5) is 17.0. The highest BCUT2D eigenvalue weighted by atomic mass is 79.9. The van der Waals surface area contributed by atoms with Crippen molar-refractivity contribution in [2.45, 2.75) is 11.7 Å². The van der Waals surface area contributed by atoms with Crippen LogP contribution < -0.4 is 4.90 Å². The zero-order chi connectivity index (χ0) is 13.5. The summed E-state index contributed by atoms with van der Waals surface area (Å²) in [6.07, 6.45) is -0.141. The quantitative estimate of drug-likeness (QED) is 0.588. The van der Waals surface area contributed by atoms with Gasteiger partial charge in [-0.25, -0.2) is 13.4 Å². The number of aromatic nitrogens is 1. The first-order valence-corrected chi connectivity index (χ1v) is 8.39. The van der Waals surface area contributed by atoms with Crippen LogP contribution in [0.3, 0.4) is 0 Å². The van der Waals surface area contributed by atoms with Gasteiger partial charge in [-0.05, 0) is 28.1 Å². The largest absolute Gasteiger partial charge is 0.308 e. The zero-order valence-corrected chi connectivity index (χ0v) is 12.7. The third-order valence-corrected chi connectivity index (χ3v) is 5.16. The molecule has 1 atom stereocenters. The number of rotatable bonds is 2. The molecule has 0 spiro atoms. The maximum absolute atomic E-state index is 11.8. The van der Waals surface area contributed by atoms with Gasteiger partial charge in [0.1, 0.15) is 9.85 Å². The van der Waals surface area contributed by atoms with E-state index in [4.69, 9.17) is 22.3 Å². The topological polar surface area (TPSA) is 67.3 Å². The second kappa shape index (κ2) is 4.96. The van der Waals surface area contributed by atoms with E-state index in [1.54, 1.807) is 12.1 Å². The van der Waals surface area contributed by atoms with Gasteiger partial charge < -0.3 is 4.90 Å². The van der Waals surface area contributed by atoms with E-state index in [1.165, 1.54) is 4.90 Å². The van der Waals surface area contributed by atoms with Crippen molar-refractivity contribution in [3.8, 4) is 0 Å². The Morgan fingerprint density at radius 1 is 1.44 bits per heavy atom. The molecule has 0 aromatic carbocycles. The summed E-state index contributed by atoms with van der Waals surface area (Å²) < 4.78 is 23.0. The molecule has 2 rings (SSSR count). The van der Waals surface area contributed by atoms with Crippen LogP contribution in [0.15, 0.2) is 16.7 Å². The number of hydrogen-bond donors (Lipinski definition) is 0. The highest BCUT2D eigenvalue weighted by molar-refractivity contribution is 9.10. The number of halogens is 3. The third-order valence-electron chi connectivity index (χ3n) is 2.57. The molecule has 0 bridgehead atoms. The summed E-state index contributed by atoms with van der Waals surface area (Å²) in [7, 11) is 1.50. The summed E-state index contributed by atoms with van der Waals surface area (Å²) in [5, 5.41) is -0.781. The van der Waals surface area contributed by atoms with E-state index < -0.39 is 14.3 Å². The fourth-order valence-electron chi connectivity index (χ4n) is 1.70. The minimum Gasteiger partial charge on any atom is -0.308 e. The maximum Gasteiger partial charge on any atom is 0.237 e. The molecule has 1 saturated heterocycles. The van der Waals surface area contributed by atoms with Crippen LogP contribution >= 0.6 is 38.2 Å². The van der Waals surface area contributed by atoms with Crippen molar-refractivity contribution in [2.24, 2.45) is 0 Å². The molecule has 5 nitrogen and oxygen atoms in total. The van der Waals surface area contributed by atoms with Gasteiger partial charge in [0.15, 0.2) is 5.15 Å². The number of amides is 1. The first-order chi connectivity index (χ1) is 8.29. The van der Waals surface area contributed by atoms with Gasteiger partial charge in [-0.3, -0.25) is 4.79 Å². The Morgan fingerprint density at radius 3 is 2.61 bits per heavy atom. The van der Waals surface area contributed by atoms with Crippen LogP contribution in [0.2, 0.25) is 5.15 Å². The molecular weight excluding hydrogens is 367 g/mol. The molecule has 0 aliphatic carbocycles. The van der Waals surface area contributed by atoms with Gasteiger partial charge in [0, 0.05) is 23.6 Å². The molecule has 2 heterocycles. The van der Waals surface area contributed by atoms with Crippen LogP contribution in [-0.4, -0.2) is 31.1 Å². The lowest BCUT2D eigenvalue weighted by Crippen LogP contribution is -2.27. The van der Waals surface area contributed by atoms with E-state index in [9.17, 15) is 13.2 Å². The van der Waals surface area contributed by atoms with Gasteiger partial charge >= 0.3 is 0 Å². The number of pyridine rings is 1. The van der Waals surface area contributed by atoms with Crippen molar-refractivity contribution in [3.63, 3.8) is 0 Å². The molecule has 1 amide bonds. The van der Waals surface area contributed by atoms with Gasteiger partial charge in [0.25, 0.3) is 0 Å². The summed E-state index contributed by atoms with van der Waals surface area (Å²) >= 11 is 9.07. The molecule has 1 unspecified atom stereocenters. The molecule has 0 radical (unpaired) electrons. The van der Waals surface area contributed by atoms with Gasteiger partial charge in [0.05, 0.1) is 5.69 Å². The summed E-state index contributed by atoms with van der Waals surface area (Å²) in [5.74, 6) is -0.338. The second-order valence-electron chi connectivity index (χ2n) is 3.75. The van der Waals surface area contributed by atoms with Crippen LogP contribution in [0.5, 0.6) is 0 Å². The highest BCUT2D eigenvalue weighted by Crippen LogP contribution is 2.31. The number of hydrogen-bond acceptors (Lipinski definition) is 4. The Morgan fingerprint density at radius 2 is 2.11 bits per heavy atom. The molecule has 0 N–H and O–H groups in total. The fraction of sp³-hybridized carbons (Fsp3) is 0.333. The molecule has 9 heteroatoms. The van der Waals surface area contributed by atoms with E-state index in [0.717, 1.165) is 0 Å². The van der Waals surface area contributed by atoms with Crippen LogP contribution in [0, 0.1) is 0 Å². The van der Waals surface area contributed by atoms with Gasteiger partial charge in [-0.15, -0.1) is 0 Å². The minimum atomic E-state index is -3.76. The summed E-state index contributed by atoms with van der Waals surface area (Å²) in [5.41, 5.74) is 0.382. The van der Waals surface area contributed by atoms with Crippen LogP contribution in [-0.2, 0) is 13.8 Å². The molecule has 1 aromatic heterocycles. The van der Waals surface area contributed by atoms with Crippen molar-refractivity contribution in [2.75, 3.05) is 11.4 Å². The van der Waals surface area contributed by atoms with Gasteiger partial charge in [-0.2, -0.15) is 0 Å². The lowest BCUT2D eigenvalue weighted by molar-refractivity contribution is -0.117. The van der Waals surface area contributed by atoms with E-state index in [0.29, 0.717) is 10.3 Å². The maximum atomic E-state index is 11.8. The third kappa shape index (κ3) is 2.79. The first kappa shape index (κ1) is 14.0. The highest BCUT2D eigenvalue weighted by Gasteiger charge is 2.38. The normalized spacial score (nSPS) is 20.5. The molecular formula is C9H7BrCl2N2O3S. The van der Waals surface area contributed by atoms with Gasteiger partial charge in [-0.1, -0.05) is 11.6 Å². The number of carbonyl (C=O) groups excluding carboxylic acids is 1. The van der Waals surface area contributed by atoms with Crippen molar-refractivity contribution in [1.82, 2.24) is 4.98 Å². The van der Waals surface area contributed by atoms with Crippen molar-refractivity contribution in [3.05, 3.63) is 21.9 Å². The second-order valence-corrected chi connectivity index (χ2v) is 7.83. The van der Waals surface area contributed by atoms with E-state index in [-0.39, 0.29) is 24.0 Å². The SMILES string of the molecule is O=C1CC(S(=O)(=O)Cl)CN1c1ccc(Br)nc1Cl. The minimum absolute atomic E-state index is 0.00625. The van der Waals surface area contributed by atoms with Crippen molar-refractivity contribution < 1.29 is 13.2 Å². The molecule has 0 saturated carbocycles. The zero-order valence-electron chi connectivity index (χ0n) is 8.81. The van der Waals surface area contributed by atoms with Crippen molar-refractivity contribution in [1.29, 1.82) is 0 Å². The Balaban J connectivity index is 2.33. The van der Waals surface area contributed by atoms with E-state index >= 15 is 0 Å². The summed E-state index contributed by atoms with van der Waals surface area (Å²) in [6, 6.07) is 3.22. The van der Waals surface area contributed by atoms with E-state index in [1.807, 2.05) is 0 Å². The molecule has 1 fully saturated rings. The Kier molecular flexibility index (Phi) is 3.87. The predicted molar refractivity (Wildman–Crippen MR) is 72.5 cm³/mol. The molecule has 1 aliphatic heterocycles. The molecule has 1 aliphatic rings. The van der Waals surface area contributed by atoms with Crippen LogP contribution in [0.25, 0.3) is 0 Å².